The van der Waals surface area contributed by atoms with Gasteiger partial charge in [-0.15, -0.1) is 0 Å². The minimum absolute atomic E-state index is 0.119. The lowest BCUT2D eigenvalue weighted by Gasteiger charge is -2.23. The summed E-state index contributed by atoms with van der Waals surface area (Å²) in [7, 11) is 1.89. The van der Waals surface area contributed by atoms with E-state index >= 15 is 0 Å². The third kappa shape index (κ3) is 3.26. The normalized spacial score (nSPS) is 10.6. The van der Waals surface area contributed by atoms with Crippen LogP contribution < -0.4 is 4.90 Å². The number of hydrogen-bond donors (Lipinski definition) is 1. The molecule has 0 spiro atoms. The van der Waals surface area contributed by atoms with Gasteiger partial charge in [0.25, 0.3) is 0 Å². The molecule has 0 unspecified atom stereocenters. The van der Waals surface area contributed by atoms with Gasteiger partial charge in [-0.05, 0) is 30.2 Å². The van der Waals surface area contributed by atoms with Crippen LogP contribution in [0.25, 0.3) is 11.1 Å². The first kappa shape index (κ1) is 14.8. The first-order valence-corrected chi connectivity index (χ1v) is 6.73. The van der Waals surface area contributed by atoms with Crippen LogP contribution in [0.2, 0.25) is 5.15 Å². The minimum atomic E-state index is -0.274. The van der Waals surface area contributed by atoms with E-state index < -0.39 is 0 Å². The van der Waals surface area contributed by atoms with Gasteiger partial charge in [0.1, 0.15) is 5.82 Å². The molecule has 0 aliphatic heterocycles. The van der Waals surface area contributed by atoms with Gasteiger partial charge < -0.3 is 10.0 Å². The fourth-order valence-corrected chi connectivity index (χ4v) is 2.38. The Hall–Kier alpha value is -1.65. The van der Waals surface area contributed by atoms with Crippen molar-refractivity contribution in [2.24, 2.45) is 0 Å². The molecule has 1 aromatic heterocycles. The molecule has 106 valence electrons. The summed E-state index contributed by atoms with van der Waals surface area (Å²) in [5.74, 6) is -0.274. The summed E-state index contributed by atoms with van der Waals surface area (Å²) in [5, 5.41) is 9.33. The van der Waals surface area contributed by atoms with Crippen molar-refractivity contribution >= 4 is 17.3 Å². The van der Waals surface area contributed by atoms with Gasteiger partial charge in [-0.25, -0.2) is 9.37 Å². The minimum Gasteiger partial charge on any atom is -0.396 e. The predicted molar refractivity (Wildman–Crippen MR) is 79.6 cm³/mol. The molecule has 0 radical (unpaired) electrons. The van der Waals surface area contributed by atoms with Gasteiger partial charge in [0.2, 0.25) is 0 Å². The molecule has 0 atom stereocenters. The van der Waals surface area contributed by atoms with Gasteiger partial charge in [-0.2, -0.15) is 0 Å². The van der Waals surface area contributed by atoms with Gasteiger partial charge in [0.05, 0.1) is 5.69 Å². The molecule has 0 bridgehead atoms. The van der Waals surface area contributed by atoms with Crippen LogP contribution in [0.5, 0.6) is 0 Å². The van der Waals surface area contributed by atoms with Crippen LogP contribution >= 0.6 is 11.6 Å². The van der Waals surface area contributed by atoms with E-state index in [2.05, 4.69) is 4.98 Å². The Labute approximate surface area is 122 Å². The van der Waals surface area contributed by atoms with E-state index in [1.54, 1.807) is 18.3 Å². The number of anilines is 1. The number of pyridine rings is 1. The highest BCUT2D eigenvalue weighted by Crippen LogP contribution is 2.35. The maximum Gasteiger partial charge on any atom is 0.152 e. The van der Waals surface area contributed by atoms with Crippen molar-refractivity contribution < 1.29 is 9.50 Å². The quantitative estimate of drug-likeness (QED) is 0.859. The zero-order valence-corrected chi connectivity index (χ0v) is 11.9. The van der Waals surface area contributed by atoms with Gasteiger partial charge >= 0.3 is 0 Å². The number of halogens is 2. The summed E-state index contributed by atoms with van der Waals surface area (Å²) >= 11 is 6.20. The van der Waals surface area contributed by atoms with E-state index in [0.717, 1.165) is 16.8 Å². The second-order valence-corrected chi connectivity index (χ2v) is 4.86. The Morgan fingerprint density at radius 3 is 2.60 bits per heavy atom. The lowest BCUT2D eigenvalue weighted by molar-refractivity contribution is 0.290. The fraction of sp³-hybridized carbons (Fsp3) is 0.267. The maximum atomic E-state index is 13.0. The lowest BCUT2D eigenvalue weighted by Crippen LogP contribution is -2.20. The number of aliphatic hydroxyl groups excluding tert-OH is 1. The molecule has 2 rings (SSSR count). The number of aromatic nitrogens is 1. The van der Waals surface area contributed by atoms with Crippen LogP contribution in [0.1, 0.15) is 6.42 Å². The zero-order valence-electron chi connectivity index (χ0n) is 11.2. The summed E-state index contributed by atoms with van der Waals surface area (Å²) in [6.45, 7) is 0.782. The molecule has 5 heteroatoms. The first-order chi connectivity index (χ1) is 9.63. The number of hydrogen-bond acceptors (Lipinski definition) is 3. The largest absolute Gasteiger partial charge is 0.396 e. The Morgan fingerprint density at radius 1 is 1.25 bits per heavy atom. The van der Waals surface area contributed by atoms with Crippen LogP contribution in [0.15, 0.2) is 36.5 Å². The third-order valence-corrected chi connectivity index (χ3v) is 3.34. The van der Waals surface area contributed by atoms with Gasteiger partial charge in [-0.3, -0.25) is 0 Å². The number of aliphatic hydroxyl groups is 1. The molecule has 1 N–H and O–H groups in total. The molecule has 0 saturated carbocycles. The van der Waals surface area contributed by atoms with Crippen LogP contribution in [0, 0.1) is 5.82 Å². The zero-order chi connectivity index (χ0) is 14.5. The molecule has 3 nitrogen and oxygen atoms in total. The topological polar surface area (TPSA) is 36.4 Å². The molecule has 0 amide bonds. The summed E-state index contributed by atoms with van der Waals surface area (Å²) in [6, 6.07) is 8.11. The summed E-state index contributed by atoms with van der Waals surface area (Å²) in [6.07, 6.45) is 2.27. The number of benzene rings is 1. The van der Waals surface area contributed by atoms with Crippen molar-refractivity contribution in [1.29, 1.82) is 0 Å². The highest BCUT2D eigenvalue weighted by Gasteiger charge is 2.14. The molecule has 1 aromatic carbocycles. The Balaban J connectivity index is 2.42. The SMILES string of the molecule is CN(CCCO)c1c(-c2ccc(F)cc2)ccnc1Cl. The van der Waals surface area contributed by atoms with Crippen molar-refractivity contribution in [3.63, 3.8) is 0 Å². The monoisotopic (exact) mass is 294 g/mol. The van der Waals surface area contributed by atoms with Crippen molar-refractivity contribution in [1.82, 2.24) is 4.98 Å². The predicted octanol–water partition coefficient (Wildman–Crippen LogP) is 3.36. The second kappa shape index (κ2) is 6.68. The second-order valence-electron chi connectivity index (χ2n) is 4.50. The van der Waals surface area contributed by atoms with Crippen LogP contribution in [0.4, 0.5) is 10.1 Å². The standard InChI is InChI=1S/C15H16ClFN2O/c1-19(9-2-10-20)14-13(7-8-18-15(14)16)11-3-5-12(17)6-4-11/h3-8,20H,2,9-10H2,1H3. The van der Waals surface area contributed by atoms with E-state index in [9.17, 15) is 4.39 Å². The smallest absolute Gasteiger partial charge is 0.152 e. The highest BCUT2D eigenvalue weighted by molar-refractivity contribution is 6.32. The summed E-state index contributed by atoms with van der Waals surface area (Å²) in [5.41, 5.74) is 2.56. The average molecular weight is 295 g/mol. The molecule has 1 heterocycles. The van der Waals surface area contributed by atoms with Crippen molar-refractivity contribution in [2.75, 3.05) is 25.1 Å². The molecule has 20 heavy (non-hydrogen) atoms. The molecule has 0 aliphatic carbocycles. The van der Waals surface area contributed by atoms with Crippen molar-refractivity contribution in [3.05, 3.63) is 47.5 Å². The summed E-state index contributed by atoms with van der Waals surface area (Å²) in [4.78, 5) is 6.05. The maximum absolute atomic E-state index is 13.0. The van der Waals surface area contributed by atoms with E-state index in [4.69, 9.17) is 16.7 Å². The number of rotatable bonds is 5. The van der Waals surface area contributed by atoms with Crippen LogP contribution in [0.3, 0.4) is 0 Å². The molecular weight excluding hydrogens is 279 g/mol. The Kier molecular flexibility index (Phi) is 4.93. The molecule has 0 fully saturated rings. The summed E-state index contributed by atoms with van der Waals surface area (Å²) < 4.78 is 13.0. The Bertz CT molecular complexity index is 575. The molecule has 2 aromatic rings. The van der Waals surface area contributed by atoms with Gasteiger partial charge in [0, 0.05) is 32.0 Å². The molecule has 0 aliphatic rings. The van der Waals surface area contributed by atoms with E-state index in [-0.39, 0.29) is 12.4 Å². The lowest BCUT2D eigenvalue weighted by atomic mass is 10.0. The van der Waals surface area contributed by atoms with Gasteiger partial charge in [-0.1, -0.05) is 23.7 Å². The van der Waals surface area contributed by atoms with Crippen molar-refractivity contribution in [3.8, 4) is 11.1 Å². The van der Waals surface area contributed by atoms with Crippen molar-refractivity contribution in [2.45, 2.75) is 6.42 Å². The first-order valence-electron chi connectivity index (χ1n) is 6.36. The molecule has 0 saturated heterocycles. The van der Waals surface area contributed by atoms with Crippen LogP contribution in [-0.2, 0) is 0 Å². The van der Waals surface area contributed by atoms with E-state index in [1.165, 1.54) is 12.1 Å². The number of nitrogens with zero attached hydrogens (tertiary/aromatic N) is 2. The molecular formula is C15H16ClFN2O. The Morgan fingerprint density at radius 2 is 1.95 bits per heavy atom. The third-order valence-electron chi connectivity index (χ3n) is 3.07. The van der Waals surface area contributed by atoms with E-state index in [1.807, 2.05) is 18.0 Å². The van der Waals surface area contributed by atoms with Crippen LogP contribution in [-0.4, -0.2) is 30.3 Å². The van der Waals surface area contributed by atoms with Gasteiger partial charge in [0.15, 0.2) is 5.15 Å². The van der Waals surface area contributed by atoms with E-state index in [0.29, 0.717) is 18.1 Å². The highest BCUT2D eigenvalue weighted by atomic mass is 35.5. The average Bonchev–Trinajstić information content (AvgIpc) is 2.45. The fourth-order valence-electron chi connectivity index (χ4n) is 2.07.